The number of Topliss-reactive ketones (excluding diaryl/α,β-unsaturated/α-hetero) is 1. The Bertz CT molecular complexity index is 1760. The van der Waals surface area contributed by atoms with Crippen LogP contribution in [0, 0.1) is 6.92 Å². The molecule has 0 aliphatic heterocycles. The van der Waals surface area contributed by atoms with Gasteiger partial charge < -0.3 is 14.2 Å². The Balaban J connectivity index is 1.39. The number of methoxy groups -OCH3 is 2. The van der Waals surface area contributed by atoms with Gasteiger partial charge in [0.15, 0.2) is 17.3 Å². The average Bonchev–Trinajstić information content (AvgIpc) is 3.22. The molecule has 0 saturated carbocycles. The number of para-hydroxylation sites is 1. The second-order valence-electron chi connectivity index (χ2n) is 9.00. The van der Waals surface area contributed by atoms with Crippen molar-refractivity contribution in [2.45, 2.75) is 19.9 Å². The molecular formula is C31H28N4O5. The number of rotatable bonds is 10. The summed E-state index contributed by atoms with van der Waals surface area (Å²) in [6.45, 7) is 5.95. The third-order valence-electron chi connectivity index (χ3n) is 6.55. The lowest BCUT2D eigenvalue weighted by atomic mass is 10.1. The first-order chi connectivity index (χ1) is 19.4. The molecule has 0 fully saturated rings. The highest BCUT2D eigenvalue weighted by atomic mass is 16.5. The number of hydrogen-bond acceptors (Lipinski definition) is 7. The number of ether oxygens (including phenoxy) is 3. The van der Waals surface area contributed by atoms with Gasteiger partial charge in [0.25, 0.3) is 5.56 Å². The molecule has 0 unspecified atom stereocenters. The number of pyridine rings is 2. The zero-order valence-electron chi connectivity index (χ0n) is 22.5. The van der Waals surface area contributed by atoms with Gasteiger partial charge in [0.2, 0.25) is 0 Å². The van der Waals surface area contributed by atoms with Crippen LogP contribution in [0.5, 0.6) is 23.0 Å². The quantitative estimate of drug-likeness (QED) is 0.176. The minimum Gasteiger partial charge on any atom is -0.493 e. The summed E-state index contributed by atoms with van der Waals surface area (Å²) in [6, 6.07) is 18.0. The highest BCUT2D eigenvalue weighted by Crippen LogP contribution is 2.36. The maximum absolute atomic E-state index is 13.4. The van der Waals surface area contributed by atoms with Gasteiger partial charge in [0.1, 0.15) is 17.1 Å². The van der Waals surface area contributed by atoms with E-state index in [1.807, 2.05) is 30.3 Å². The summed E-state index contributed by atoms with van der Waals surface area (Å²) in [4.78, 5) is 35.6. The van der Waals surface area contributed by atoms with Gasteiger partial charge in [-0.2, -0.15) is 0 Å². The summed E-state index contributed by atoms with van der Waals surface area (Å²) in [5, 5.41) is 0.744. The Hall–Kier alpha value is -5.18. The van der Waals surface area contributed by atoms with E-state index in [1.165, 1.54) is 4.68 Å². The van der Waals surface area contributed by atoms with Crippen molar-refractivity contribution in [2.75, 3.05) is 14.2 Å². The Morgan fingerprint density at radius 1 is 0.975 bits per heavy atom. The zero-order valence-corrected chi connectivity index (χ0v) is 22.5. The average molecular weight is 537 g/mol. The fourth-order valence-corrected chi connectivity index (χ4v) is 4.63. The Kier molecular flexibility index (Phi) is 7.46. The first-order valence-corrected chi connectivity index (χ1v) is 12.6. The van der Waals surface area contributed by atoms with E-state index in [9.17, 15) is 9.59 Å². The Labute approximate surface area is 230 Å². The Morgan fingerprint density at radius 3 is 2.40 bits per heavy atom. The molecule has 2 aromatic carbocycles. The standard InChI is InChI=1S/C31H28N4O5/c1-5-15-34-20(2)30(31(37)35(34)22-9-7-6-8-10-22)26(36)16-21-11-12-23(19-33-21)40-27-13-14-32-25-18-29(39-4)28(38-3)17-24(25)27/h5-14,17-19H,1,15-16H2,2-4H3. The van der Waals surface area contributed by atoms with Crippen LogP contribution in [0.4, 0.5) is 0 Å². The van der Waals surface area contributed by atoms with Crippen molar-refractivity contribution in [3.63, 3.8) is 0 Å². The lowest BCUT2D eigenvalue weighted by Gasteiger charge is -2.12. The molecule has 0 aliphatic carbocycles. The first-order valence-electron chi connectivity index (χ1n) is 12.6. The van der Waals surface area contributed by atoms with E-state index in [0.29, 0.717) is 52.1 Å². The van der Waals surface area contributed by atoms with Gasteiger partial charge in [0.05, 0.1) is 44.6 Å². The van der Waals surface area contributed by atoms with Gasteiger partial charge in [-0.05, 0) is 43.3 Å². The number of fused-ring (bicyclic) bond motifs is 1. The minimum atomic E-state index is -0.368. The van der Waals surface area contributed by atoms with Crippen molar-refractivity contribution in [3.05, 3.63) is 113 Å². The summed E-state index contributed by atoms with van der Waals surface area (Å²) < 4.78 is 20.1. The topological polar surface area (TPSA) is 97.5 Å². The second kappa shape index (κ2) is 11.3. The van der Waals surface area contributed by atoms with Crippen molar-refractivity contribution < 1.29 is 19.0 Å². The van der Waals surface area contributed by atoms with Crippen molar-refractivity contribution >= 4 is 16.7 Å². The van der Waals surface area contributed by atoms with Crippen LogP contribution in [0.15, 0.2) is 90.5 Å². The maximum atomic E-state index is 13.4. The molecule has 5 aromatic rings. The van der Waals surface area contributed by atoms with E-state index in [-0.39, 0.29) is 23.3 Å². The number of hydrogen-bond donors (Lipinski definition) is 0. The first kappa shape index (κ1) is 26.4. The number of ketones is 1. The number of benzene rings is 2. The molecule has 0 spiro atoms. The normalized spacial score (nSPS) is 10.9. The minimum absolute atomic E-state index is 0.0293. The Morgan fingerprint density at radius 2 is 1.73 bits per heavy atom. The molecule has 40 heavy (non-hydrogen) atoms. The molecule has 0 N–H and O–H groups in total. The van der Waals surface area contributed by atoms with E-state index in [1.54, 1.807) is 74.6 Å². The summed E-state index contributed by atoms with van der Waals surface area (Å²) in [5.74, 6) is 1.87. The van der Waals surface area contributed by atoms with Crippen LogP contribution in [0.3, 0.4) is 0 Å². The lowest BCUT2D eigenvalue weighted by molar-refractivity contribution is 0.0990. The van der Waals surface area contributed by atoms with Crippen LogP contribution in [-0.2, 0) is 13.0 Å². The van der Waals surface area contributed by atoms with E-state index < -0.39 is 0 Å². The molecule has 0 atom stereocenters. The third kappa shape index (κ3) is 4.96. The molecule has 0 amide bonds. The number of carbonyl (C=O) groups is 1. The molecule has 0 radical (unpaired) electrons. The number of aromatic nitrogens is 4. The van der Waals surface area contributed by atoms with Gasteiger partial charge in [-0.25, -0.2) is 4.68 Å². The molecule has 0 aliphatic rings. The predicted molar refractivity (Wildman–Crippen MR) is 152 cm³/mol. The van der Waals surface area contributed by atoms with E-state index in [4.69, 9.17) is 14.2 Å². The van der Waals surface area contributed by atoms with Crippen LogP contribution < -0.4 is 19.8 Å². The second-order valence-corrected chi connectivity index (χ2v) is 9.00. The third-order valence-corrected chi connectivity index (χ3v) is 6.55. The number of allylic oxidation sites excluding steroid dienone is 1. The molecule has 3 heterocycles. The largest absolute Gasteiger partial charge is 0.493 e. The lowest BCUT2D eigenvalue weighted by Crippen LogP contribution is -2.24. The monoisotopic (exact) mass is 536 g/mol. The highest BCUT2D eigenvalue weighted by Gasteiger charge is 2.23. The van der Waals surface area contributed by atoms with E-state index in [2.05, 4.69) is 16.5 Å². The molecule has 202 valence electrons. The SMILES string of the molecule is C=CCn1c(C)c(C(=O)Cc2ccc(Oc3ccnc4cc(OC)c(OC)cc34)cn2)c(=O)n1-c1ccccc1. The fraction of sp³-hybridized carbons (Fsp3) is 0.161. The smallest absolute Gasteiger partial charge is 0.282 e. The summed E-state index contributed by atoms with van der Waals surface area (Å²) in [7, 11) is 3.14. The van der Waals surface area contributed by atoms with Crippen LogP contribution in [0.2, 0.25) is 0 Å². The number of carbonyl (C=O) groups excluding carboxylic acids is 1. The molecule has 5 rings (SSSR count). The van der Waals surface area contributed by atoms with E-state index in [0.717, 1.165) is 5.39 Å². The summed E-state index contributed by atoms with van der Waals surface area (Å²) in [6.07, 6.45) is 4.86. The van der Waals surface area contributed by atoms with Crippen LogP contribution in [0.25, 0.3) is 16.6 Å². The van der Waals surface area contributed by atoms with Gasteiger partial charge >= 0.3 is 0 Å². The predicted octanol–water partition coefficient (Wildman–Crippen LogP) is 5.31. The molecule has 9 nitrogen and oxygen atoms in total. The van der Waals surface area contributed by atoms with Gasteiger partial charge in [-0.1, -0.05) is 24.3 Å². The van der Waals surface area contributed by atoms with Crippen LogP contribution in [-0.4, -0.2) is 39.3 Å². The van der Waals surface area contributed by atoms with Crippen molar-refractivity contribution in [1.82, 2.24) is 19.3 Å². The zero-order chi connectivity index (χ0) is 28.2. The fourth-order valence-electron chi connectivity index (χ4n) is 4.63. The molecule has 9 heteroatoms. The van der Waals surface area contributed by atoms with Crippen molar-refractivity contribution in [2.24, 2.45) is 0 Å². The number of nitrogens with zero attached hydrogens (tertiary/aromatic N) is 4. The van der Waals surface area contributed by atoms with Crippen LogP contribution in [0.1, 0.15) is 21.7 Å². The maximum Gasteiger partial charge on any atom is 0.282 e. The molecule has 3 aromatic heterocycles. The van der Waals surface area contributed by atoms with Gasteiger partial charge in [0, 0.05) is 29.0 Å². The van der Waals surface area contributed by atoms with E-state index >= 15 is 0 Å². The molecule has 0 saturated heterocycles. The summed E-state index contributed by atoms with van der Waals surface area (Å²) >= 11 is 0. The van der Waals surface area contributed by atoms with Crippen molar-refractivity contribution in [3.8, 4) is 28.7 Å². The molecular weight excluding hydrogens is 508 g/mol. The van der Waals surface area contributed by atoms with Crippen molar-refractivity contribution in [1.29, 1.82) is 0 Å². The summed E-state index contributed by atoms with van der Waals surface area (Å²) in [5.41, 5.74) is 2.23. The van der Waals surface area contributed by atoms with Gasteiger partial charge in [-0.15, -0.1) is 6.58 Å². The highest BCUT2D eigenvalue weighted by molar-refractivity contribution is 5.98. The van der Waals surface area contributed by atoms with Gasteiger partial charge in [-0.3, -0.25) is 24.2 Å². The van der Waals surface area contributed by atoms with Crippen LogP contribution >= 0.6 is 0 Å². The molecule has 0 bridgehead atoms.